The van der Waals surface area contributed by atoms with Gasteiger partial charge in [0, 0.05) is 41.8 Å². The lowest BCUT2D eigenvalue weighted by molar-refractivity contribution is 0.532. The third-order valence-electron chi connectivity index (χ3n) is 3.89. The molecule has 0 fully saturated rings. The summed E-state index contributed by atoms with van der Waals surface area (Å²) in [5.74, 6) is 0. The molecule has 0 saturated carbocycles. The molecule has 0 radical (unpaired) electrons. The zero-order chi connectivity index (χ0) is 15.4. The van der Waals surface area contributed by atoms with Gasteiger partial charge >= 0.3 is 0 Å². The molecule has 21 heavy (non-hydrogen) atoms. The second-order valence-electron chi connectivity index (χ2n) is 5.70. The molecule has 112 valence electrons. The molecule has 0 aliphatic rings. The van der Waals surface area contributed by atoms with Crippen molar-refractivity contribution in [2.24, 2.45) is 0 Å². The number of aryl methyl sites for hydroxylation is 2. The number of benzene rings is 1. The van der Waals surface area contributed by atoms with Gasteiger partial charge in [0.15, 0.2) is 5.43 Å². The number of hydrogen-bond donors (Lipinski definition) is 1. The maximum Gasteiger partial charge on any atom is 0.186 e. The van der Waals surface area contributed by atoms with Crippen LogP contribution < -0.4 is 10.7 Å². The molecular formula is C18H24N2O. The molecule has 2 rings (SSSR count). The summed E-state index contributed by atoms with van der Waals surface area (Å²) in [6.45, 7) is 8.92. The maximum atomic E-state index is 12.1. The number of rotatable bonds is 5. The molecule has 0 aliphatic heterocycles. The van der Waals surface area contributed by atoms with E-state index in [0.29, 0.717) is 12.6 Å². The van der Waals surface area contributed by atoms with Crippen molar-refractivity contribution in [3.05, 3.63) is 63.6 Å². The highest BCUT2D eigenvalue weighted by Gasteiger charge is 2.07. The van der Waals surface area contributed by atoms with Gasteiger partial charge in [-0.25, -0.2) is 0 Å². The second-order valence-corrected chi connectivity index (χ2v) is 5.70. The van der Waals surface area contributed by atoms with Gasteiger partial charge in [0.1, 0.15) is 0 Å². The Hall–Kier alpha value is -1.87. The Morgan fingerprint density at radius 1 is 1.19 bits per heavy atom. The number of aromatic nitrogens is 1. The summed E-state index contributed by atoms with van der Waals surface area (Å²) in [4.78, 5) is 12.1. The number of pyridine rings is 1. The van der Waals surface area contributed by atoms with E-state index in [-0.39, 0.29) is 5.43 Å². The van der Waals surface area contributed by atoms with Crippen molar-refractivity contribution in [1.29, 1.82) is 0 Å². The van der Waals surface area contributed by atoms with Crippen molar-refractivity contribution < 1.29 is 0 Å². The maximum absolute atomic E-state index is 12.1. The standard InChI is InChI=1S/C18H24N2O/c1-5-14(3)19-11-16-12-20(15(4)10-18(16)21)17-8-6-13(2)7-9-17/h6-10,12,14,19H,5,11H2,1-4H3. The molecular weight excluding hydrogens is 260 g/mol. The van der Waals surface area contributed by atoms with Gasteiger partial charge in [-0.05, 0) is 39.3 Å². The van der Waals surface area contributed by atoms with Crippen LogP contribution in [0, 0.1) is 13.8 Å². The van der Waals surface area contributed by atoms with Crippen LogP contribution in [0.5, 0.6) is 0 Å². The highest BCUT2D eigenvalue weighted by atomic mass is 16.1. The van der Waals surface area contributed by atoms with Crippen LogP contribution in [0.3, 0.4) is 0 Å². The summed E-state index contributed by atoms with van der Waals surface area (Å²) in [5, 5.41) is 3.38. The van der Waals surface area contributed by atoms with E-state index in [1.807, 2.05) is 13.1 Å². The molecule has 3 nitrogen and oxygen atoms in total. The van der Waals surface area contributed by atoms with Crippen molar-refractivity contribution in [1.82, 2.24) is 9.88 Å². The first-order chi connectivity index (χ1) is 10.0. The van der Waals surface area contributed by atoms with Crippen LogP contribution in [0.15, 0.2) is 41.3 Å². The Bertz CT molecular complexity index is 656. The summed E-state index contributed by atoms with van der Waals surface area (Å²) in [6.07, 6.45) is 3.01. The average Bonchev–Trinajstić information content (AvgIpc) is 2.47. The lowest BCUT2D eigenvalue weighted by Gasteiger charge is -2.15. The minimum absolute atomic E-state index is 0.103. The Balaban J connectivity index is 2.34. The Morgan fingerprint density at radius 3 is 2.48 bits per heavy atom. The van der Waals surface area contributed by atoms with E-state index in [2.05, 4.69) is 54.9 Å². The van der Waals surface area contributed by atoms with Crippen LogP contribution in [0.2, 0.25) is 0 Å². The largest absolute Gasteiger partial charge is 0.321 e. The molecule has 1 atom stereocenters. The molecule has 2 aromatic rings. The highest BCUT2D eigenvalue weighted by molar-refractivity contribution is 5.37. The Kier molecular flexibility index (Phi) is 4.97. The summed E-state index contributed by atoms with van der Waals surface area (Å²) in [7, 11) is 0. The minimum atomic E-state index is 0.103. The van der Waals surface area contributed by atoms with E-state index < -0.39 is 0 Å². The third kappa shape index (κ3) is 3.82. The normalized spacial score (nSPS) is 12.4. The Morgan fingerprint density at radius 2 is 1.86 bits per heavy atom. The van der Waals surface area contributed by atoms with E-state index in [9.17, 15) is 4.79 Å². The molecule has 0 aliphatic carbocycles. The molecule has 0 bridgehead atoms. The van der Waals surface area contributed by atoms with Crippen molar-refractivity contribution in [3.8, 4) is 5.69 Å². The third-order valence-corrected chi connectivity index (χ3v) is 3.89. The monoisotopic (exact) mass is 284 g/mol. The van der Waals surface area contributed by atoms with Crippen LogP contribution >= 0.6 is 0 Å². The fraction of sp³-hybridized carbons (Fsp3) is 0.389. The van der Waals surface area contributed by atoms with Crippen molar-refractivity contribution in [2.75, 3.05) is 0 Å². The fourth-order valence-electron chi connectivity index (χ4n) is 2.22. The van der Waals surface area contributed by atoms with Gasteiger partial charge in [-0.15, -0.1) is 0 Å². The zero-order valence-corrected chi connectivity index (χ0v) is 13.3. The quantitative estimate of drug-likeness (QED) is 0.913. The predicted molar refractivity (Wildman–Crippen MR) is 88.1 cm³/mol. The van der Waals surface area contributed by atoms with Gasteiger partial charge in [-0.1, -0.05) is 24.6 Å². The molecule has 0 spiro atoms. The molecule has 1 aromatic heterocycles. The van der Waals surface area contributed by atoms with Gasteiger partial charge in [0.05, 0.1) is 0 Å². The van der Waals surface area contributed by atoms with E-state index >= 15 is 0 Å². The molecule has 1 aromatic carbocycles. The summed E-state index contributed by atoms with van der Waals surface area (Å²) >= 11 is 0. The van der Waals surface area contributed by atoms with Gasteiger partial charge in [0.2, 0.25) is 0 Å². The van der Waals surface area contributed by atoms with Crippen LogP contribution in [0.4, 0.5) is 0 Å². The summed E-state index contributed by atoms with van der Waals surface area (Å²) in [6, 6.07) is 10.5. The topological polar surface area (TPSA) is 34.0 Å². The van der Waals surface area contributed by atoms with E-state index in [0.717, 1.165) is 23.4 Å². The number of nitrogens with zero attached hydrogens (tertiary/aromatic N) is 1. The lowest BCUT2D eigenvalue weighted by atomic mass is 10.2. The number of nitrogens with one attached hydrogen (secondary N) is 1. The first-order valence-corrected chi connectivity index (χ1v) is 7.54. The first-order valence-electron chi connectivity index (χ1n) is 7.54. The van der Waals surface area contributed by atoms with Crippen LogP contribution in [-0.4, -0.2) is 10.6 Å². The molecule has 1 heterocycles. The summed E-state index contributed by atoms with van der Waals surface area (Å²) in [5.41, 5.74) is 4.18. The van der Waals surface area contributed by atoms with Gasteiger partial charge in [-0.2, -0.15) is 0 Å². The smallest absolute Gasteiger partial charge is 0.186 e. The van der Waals surface area contributed by atoms with Gasteiger partial charge in [0.25, 0.3) is 0 Å². The fourth-order valence-corrected chi connectivity index (χ4v) is 2.22. The molecule has 0 saturated heterocycles. The van der Waals surface area contributed by atoms with Crippen LogP contribution in [0.25, 0.3) is 5.69 Å². The lowest BCUT2D eigenvalue weighted by Crippen LogP contribution is -2.28. The summed E-state index contributed by atoms with van der Waals surface area (Å²) < 4.78 is 2.08. The van der Waals surface area contributed by atoms with Crippen molar-refractivity contribution >= 4 is 0 Å². The molecule has 3 heteroatoms. The van der Waals surface area contributed by atoms with E-state index in [1.54, 1.807) is 6.07 Å². The predicted octanol–water partition coefficient (Wildman–Crippen LogP) is 3.34. The van der Waals surface area contributed by atoms with Crippen molar-refractivity contribution in [2.45, 2.75) is 46.7 Å². The SMILES string of the molecule is CCC(C)NCc1cn(-c2ccc(C)cc2)c(C)cc1=O. The van der Waals surface area contributed by atoms with E-state index in [1.165, 1.54) is 5.56 Å². The minimum Gasteiger partial charge on any atom is -0.321 e. The Labute approximate surface area is 126 Å². The van der Waals surface area contributed by atoms with E-state index in [4.69, 9.17) is 0 Å². The highest BCUT2D eigenvalue weighted by Crippen LogP contribution is 2.12. The van der Waals surface area contributed by atoms with Crippen LogP contribution in [0.1, 0.15) is 37.1 Å². The zero-order valence-electron chi connectivity index (χ0n) is 13.3. The van der Waals surface area contributed by atoms with Gasteiger partial charge in [-0.3, -0.25) is 4.79 Å². The number of hydrogen-bond acceptors (Lipinski definition) is 2. The van der Waals surface area contributed by atoms with Gasteiger partial charge < -0.3 is 9.88 Å². The average molecular weight is 284 g/mol. The first kappa shape index (κ1) is 15.5. The molecule has 0 amide bonds. The molecule has 1 unspecified atom stereocenters. The molecule has 1 N–H and O–H groups in total. The van der Waals surface area contributed by atoms with Crippen LogP contribution in [-0.2, 0) is 6.54 Å². The van der Waals surface area contributed by atoms with Crippen molar-refractivity contribution in [3.63, 3.8) is 0 Å². The second kappa shape index (κ2) is 6.72.